The number of rotatable bonds is 3. The molecule has 7 heteroatoms. The maximum atomic E-state index is 12.6. The quantitative estimate of drug-likeness (QED) is 0.747. The van der Waals surface area contributed by atoms with Crippen LogP contribution in [-0.4, -0.2) is 16.8 Å². The summed E-state index contributed by atoms with van der Waals surface area (Å²) in [6, 6.07) is 2.99. The van der Waals surface area contributed by atoms with Crippen molar-refractivity contribution in [1.82, 2.24) is 5.32 Å². The predicted octanol–water partition coefficient (Wildman–Crippen LogP) is 4.37. The Balaban J connectivity index is 3.10. The van der Waals surface area contributed by atoms with Crippen LogP contribution in [0.5, 0.6) is 0 Å². The van der Waals surface area contributed by atoms with Crippen molar-refractivity contribution in [3.63, 3.8) is 0 Å². The summed E-state index contributed by atoms with van der Waals surface area (Å²) >= 11 is 6.32. The molecule has 1 aromatic carbocycles. The molecule has 0 aliphatic carbocycles. The monoisotopic (exact) mass is 401 g/mol. The van der Waals surface area contributed by atoms with Gasteiger partial charge >= 0.3 is 6.18 Å². The van der Waals surface area contributed by atoms with Gasteiger partial charge in [0.15, 0.2) is 0 Å². The number of benzene rings is 1. The smallest absolute Gasteiger partial charge is 0.346 e. The van der Waals surface area contributed by atoms with Crippen LogP contribution < -0.4 is 5.32 Å². The number of alkyl halides is 4. The van der Waals surface area contributed by atoms with Crippen LogP contribution in [0.2, 0.25) is 0 Å². The molecule has 1 aromatic rings. The van der Waals surface area contributed by atoms with Crippen molar-refractivity contribution in [1.29, 1.82) is 0 Å². The minimum absolute atomic E-state index is 0.0381. The van der Waals surface area contributed by atoms with Gasteiger partial charge in [-0.1, -0.05) is 15.9 Å². The topological polar surface area (TPSA) is 29.1 Å². The van der Waals surface area contributed by atoms with Crippen LogP contribution in [0.3, 0.4) is 0 Å². The third-order valence-electron chi connectivity index (χ3n) is 2.32. The lowest BCUT2D eigenvalue weighted by Gasteiger charge is -2.24. The molecule has 0 fully saturated rings. The molecule has 1 rings (SSSR count). The van der Waals surface area contributed by atoms with Crippen molar-refractivity contribution in [2.75, 3.05) is 5.33 Å². The minimum Gasteiger partial charge on any atom is -0.346 e. The zero-order chi connectivity index (χ0) is 14.8. The van der Waals surface area contributed by atoms with Crippen molar-refractivity contribution < 1.29 is 18.0 Å². The van der Waals surface area contributed by atoms with E-state index in [9.17, 15) is 18.0 Å². The van der Waals surface area contributed by atoms with E-state index in [4.69, 9.17) is 0 Å². The number of carbonyl (C=O) groups excluding carboxylic acids is 1. The minimum atomic E-state index is -4.47. The number of halogens is 5. The van der Waals surface area contributed by atoms with E-state index in [0.717, 1.165) is 12.1 Å². The van der Waals surface area contributed by atoms with Gasteiger partial charge in [0, 0.05) is 15.3 Å². The van der Waals surface area contributed by atoms with E-state index in [0.29, 0.717) is 9.80 Å². The Morgan fingerprint density at radius 1 is 1.32 bits per heavy atom. The molecule has 1 amide bonds. The van der Waals surface area contributed by atoms with Crippen LogP contribution in [-0.2, 0) is 6.18 Å². The largest absolute Gasteiger partial charge is 0.416 e. The van der Waals surface area contributed by atoms with Gasteiger partial charge in [0.25, 0.3) is 5.91 Å². The van der Waals surface area contributed by atoms with Crippen molar-refractivity contribution in [3.05, 3.63) is 33.8 Å². The van der Waals surface area contributed by atoms with Crippen LogP contribution >= 0.6 is 31.9 Å². The van der Waals surface area contributed by atoms with E-state index >= 15 is 0 Å². The molecule has 0 saturated heterocycles. The molecule has 2 nitrogen and oxygen atoms in total. The maximum Gasteiger partial charge on any atom is 0.416 e. The summed E-state index contributed by atoms with van der Waals surface area (Å²) in [5, 5.41) is 3.15. The normalized spacial score (nSPS) is 12.4. The molecule has 0 atom stereocenters. The van der Waals surface area contributed by atoms with Crippen molar-refractivity contribution >= 4 is 37.8 Å². The van der Waals surface area contributed by atoms with E-state index in [1.54, 1.807) is 13.8 Å². The Morgan fingerprint density at radius 3 is 2.37 bits per heavy atom. The van der Waals surface area contributed by atoms with Gasteiger partial charge < -0.3 is 5.32 Å². The molecule has 0 bridgehead atoms. The van der Waals surface area contributed by atoms with Crippen LogP contribution in [0.4, 0.5) is 13.2 Å². The average molecular weight is 403 g/mol. The van der Waals surface area contributed by atoms with Crippen LogP contribution in [0.15, 0.2) is 22.7 Å². The van der Waals surface area contributed by atoms with Crippen LogP contribution in [0.25, 0.3) is 0 Å². The van der Waals surface area contributed by atoms with Crippen molar-refractivity contribution in [2.45, 2.75) is 25.6 Å². The second-order valence-electron chi connectivity index (χ2n) is 4.66. The van der Waals surface area contributed by atoms with Crippen molar-refractivity contribution in [2.24, 2.45) is 0 Å². The fourth-order valence-electron chi connectivity index (χ4n) is 1.28. The van der Waals surface area contributed by atoms with Crippen LogP contribution in [0, 0.1) is 0 Å². The summed E-state index contributed by atoms with van der Waals surface area (Å²) in [7, 11) is 0. The average Bonchev–Trinajstić information content (AvgIpc) is 2.27. The number of hydrogen-bond donors (Lipinski definition) is 1. The van der Waals surface area contributed by atoms with Gasteiger partial charge in [-0.2, -0.15) is 13.2 Å². The van der Waals surface area contributed by atoms with Gasteiger partial charge in [0.05, 0.1) is 11.1 Å². The Kier molecular flexibility index (Phi) is 5.06. The molecule has 0 aliphatic rings. The van der Waals surface area contributed by atoms with Gasteiger partial charge in [-0.15, -0.1) is 0 Å². The summed E-state index contributed by atoms with van der Waals surface area (Å²) in [4.78, 5) is 12.0. The molecule has 1 N–H and O–H groups in total. The highest BCUT2D eigenvalue weighted by Gasteiger charge is 2.32. The van der Waals surface area contributed by atoms with Gasteiger partial charge in [0.2, 0.25) is 0 Å². The van der Waals surface area contributed by atoms with E-state index in [-0.39, 0.29) is 5.56 Å². The Hall–Kier alpha value is -0.560. The molecule has 19 heavy (non-hydrogen) atoms. The fourth-order valence-corrected chi connectivity index (χ4v) is 1.85. The molecule has 0 aliphatic heterocycles. The number of amides is 1. The zero-order valence-corrected chi connectivity index (χ0v) is 13.4. The summed E-state index contributed by atoms with van der Waals surface area (Å²) < 4.78 is 38.2. The molecule has 0 spiro atoms. The van der Waals surface area contributed by atoms with Gasteiger partial charge in [-0.05, 0) is 48.0 Å². The molecule has 0 saturated carbocycles. The second kappa shape index (κ2) is 5.83. The van der Waals surface area contributed by atoms with Crippen molar-refractivity contribution in [3.8, 4) is 0 Å². The molecular weight excluding hydrogens is 391 g/mol. The summed E-state index contributed by atoms with van der Waals surface area (Å²) in [6.07, 6.45) is -4.47. The lowest BCUT2D eigenvalue weighted by Crippen LogP contribution is -2.44. The first-order valence-electron chi connectivity index (χ1n) is 5.32. The molecule has 0 heterocycles. The first-order valence-corrected chi connectivity index (χ1v) is 7.23. The van der Waals surface area contributed by atoms with Gasteiger partial charge in [-0.25, -0.2) is 0 Å². The first-order chi connectivity index (χ1) is 8.57. The lowest BCUT2D eigenvalue weighted by molar-refractivity contribution is -0.137. The highest BCUT2D eigenvalue weighted by atomic mass is 79.9. The maximum absolute atomic E-state index is 12.6. The predicted molar refractivity (Wildman–Crippen MR) is 74.5 cm³/mol. The van der Waals surface area contributed by atoms with E-state index in [1.165, 1.54) is 6.07 Å². The van der Waals surface area contributed by atoms with E-state index < -0.39 is 23.2 Å². The number of hydrogen-bond acceptors (Lipinski definition) is 1. The molecular formula is C12H12Br2F3NO. The summed E-state index contributed by atoms with van der Waals surface area (Å²) in [5.41, 5.74) is -1.44. The van der Waals surface area contributed by atoms with E-state index in [2.05, 4.69) is 37.2 Å². The highest BCUT2D eigenvalue weighted by Crippen LogP contribution is 2.32. The summed E-state index contributed by atoms with van der Waals surface area (Å²) in [6.45, 7) is 3.53. The van der Waals surface area contributed by atoms with Crippen LogP contribution in [0.1, 0.15) is 29.8 Å². The second-order valence-corrected chi connectivity index (χ2v) is 6.08. The summed E-state index contributed by atoms with van der Waals surface area (Å²) in [5.74, 6) is -0.553. The third-order valence-corrected chi connectivity index (χ3v) is 4.42. The third kappa shape index (κ3) is 4.49. The van der Waals surface area contributed by atoms with E-state index in [1.807, 2.05) is 0 Å². The fraction of sp³-hybridized carbons (Fsp3) is 0.417. The van der Waals surface area contributed by atoms with Gasteiger partial charge in [-0.3, -0.25) is 4.79 Å². The number of nitrogens with one attached hydrogen (secondary N) is 1. The zero-order valence-electron chi connectivity index (χ0n) is 10.2. The Labute approximate surface area is 126 Å². The SMILES string of the molecule is CC(C)(CBr)NC(=O)c1cc(C(F)(F)F)ccc1Br. The molecule has 0 radical (unpaired) electrons. The van der Waals surface area contributed by atoms with Gasteiger partial charge in [0.1, 0.15) is 0 Å². The molecule has 0 aromatic heterocycles. The molecule has 106 valence electrons. The highest BCUT2D eigenvalue weighted by molar-refractivity contribution is 9.10. The molecule has 0 unspecified atom stereocenters. The Morgan fingerprint density at radius 2 is 1.89 bits per heavy atom. The lowest BCUT2D eigenvalue weighted by atomic mass is 10.1. The standard InChI is InChI=1S/C12H12Br2F3NO/c1-11(2,6-13)18-10(19)8-5-7(12(15,16)17)3-4-9(8)14/h3-5H,6H2,1-2H3,(H,18,19). The Bertz CT molecular complexity index is 486. The first kappa shape index (κ1) is 16.5. The number of carbonyl (C=O) groups is 1.